The SMILES string of the molecule is C[C@H]1Cc2ccccc2N1S(=O)(=O)c1cccc(C(=O)OCC(=O)N2CCc3ccccc32)c1. The number of benzene rings is 3. The Hall–Kier alpha value is -3.65. The molecule has 2 heterocycles. The van der Waals surface area contributed by atoms with Crippen molar-refractivity contribution < 1.29 is 22.7 Å². The molecule has 0 aliphatic carbocycles. The molecule has 5 rings (SSSR count). The van der Waals surface area contributed by atoms with Crippen LogP contribution in [-0.2, 0) is 32.4 Å². The molecule has 1 atom stereocenters. The molecule has 8 heteroatoms. The molecule has 0 saturated carbocycles. The summed E-state index contributed by atoms with van der Waals surface area (Å²) in [5.74, 6) is -1.06. The number of carbonyl (C=O) groups excluding carboxylic acids is 2. The highest BCUT2D eigenvalue weighted by Crippen LogP contribution is 2.36. The first-order valence-electron chi connectivity index (χ1n) is 11.1. The van der Waals surface area contributed by atoms with Crippen molar-refractivity contribution in [3.05, 3.63) is 89.5 Å². The molecule has 7 nitrogen and oxygen atoms in total. The predicted molar refractivity (Wildman–Crippen MR) is 128 cm³/mol. The van der Waals surface area contributed by atoms with Gasteiger partial charge in [-0.3, -0.25) is 9.10 Å². The van der Waals surface area contributed by atoms with Gasteiger partial charge in [-0.05, 0) is 61.2 Å². The first-order valence-corrected chi connectivity index (χ1v) is 12.6. The standard InChI is InChI=1S/C26H24N2O5S/c1-18-15-20-8-3-5-12-24(20)28(18)34(31,32)22-10-6-9-21(16-22)26(30)33-17-25(29)27-14-13-19-7-2-4-11-23(19)27/h2-12,16,18H,13-15,17H2,1H3/t18-/m0/s1. The zero-order valence-corrected chi connectivity index (χ0v) is 19.5. The maximum absolute atomic E-state index is 13.5. The van der Waals surface area contributed by atoms with E-state index in [1.54, 1.807) is 11.0 Å². The van der Waals surface area contributed by atoms with E-state index in [2.05, 4.69) is 0 Å². The van der Waals surface area contributed by atoms with E-state index in [1.807, 2.05) is 49.4 Å². The molecule has 3 aromatic carbocycles. The van der Waals surface area contributed by atoms with E-state index in [4.69, 9.17) is 4.74 Å². The Kier molecular flexibility index (Phi) is 5.61. The van der Waals surface area contributed by atoms with Crippen LogP contribution in [0, 0.1) is 0 Å². The van der Waals surface area contributed by atoms with E-state index in [-0.39, 0.29) is 22.4 Å². The van der Waals surface area contributed by atoms with Crippen molar-refractivity contribution in [3.8, 4) is 0 Å². The monoisotopic (exact) mass is 476 g/mol. The van der Waals surface area contributed by atoms with E-state index in [0.29, 0.717) is 18.7 Å². The van der Waals surface area contributed by atoms with E-state index in [0.717, 1.165) is 23.2 Å². The molecule has 174 valence electrons. The molecule has 0 bridgehead atoms. The lowest BCUT2D eigenvalue weighted by Gasteiger charge is -2.24. The fourth-order valence-electron chi connectivity index (χ4n) is 4.69. The van der Waals surface area contributed by atoms with Gasteiger partial charge in [0, 0.05) is 18.3 Å². The molecule has 0 saturated heterocycles. The minimum absolute atomic E-state index is 0.00491. The number of esters is 1. The summed E-state index contributed by atoms with van der Waals surface area (Å²) >= 11 is 0. The minimum atomic E-state index is -3.88. The summed E-state index contributed by atoms with van der Waals surface area (Å²) in [6, 6.07) is 20.6. The number of rotatable bonds is 5. The van der Waals surface area contributed by atoms with E-state index in [9.17, 15) is 18.0 Å². The molecular weight excluding hydrogens is 452 g/mol. The van der Waals surface area contributed by atoms with Crippen LogP contribution in [0.3, 0.4) is 0 Å². The molecule has 0 unspecified atom stereocenters. The van der Waals surface area contributed by atoms with Crippen LogP contribution in [0.4, 0.5) is 11.4 Å². The molecule has 34 heavy (non-hydrogen) atoms. The molecular formula is C26H24N2O5S. The number of para-hydroxylation sites is 2. The number of sulfonamides is 1. The number of nitrogens with zero attached hydrogens (tertiary/aromatic N) is 2. The lowest BCUT2D eigenvalue weighted by molar-refractivity contribution is -0.121. The molecule has 0 radical (unpaired) electrons. The van der Waals surface area contributed by atoms with Crippen LogP contribution >= 0.6 is 0 Å². The van der Waals surface area contributed by atoms with Crippen LogP contribution < -0.4 is 9.21 Å². The van der Waals surface area contributed by atoms with E-state index < -0.39 is 22.6 Å². The summed E-state index contributed by atoms with van der Waals surface area (Å²) in [6.45, 7) is 1.98. The Morgan fingerprint density at radius 3 is 2.44 bits per heavy atom. The van der Waals surface area contributed by atoms with Crippen molar-refractivity contribution in [2.75, 3.05) is 22.4 Å². The first kappa shape index (κ1) is 22.2. The third kappa shape index (κ3) is 3.84. The Morgan fingerprint density at radius 2 is 1.65 bits per heavy atom. The maximum atomic E-state index is 13.5. The third-order valence-corrected chi connectivity index (χ3v) is 8.21. The molecule has 0 N–H and O–H groups in total. The Morgan fingerprint density at radius 1 is 0.941 bits per heavy atom. The fourth-order valence-corrected chi connectivity index (χ4v) is 6.43. The largest absolute Gasteiger partial charge is 0.452 e. The quantitative estimate of drug-likeness (QED) is 0.526. The average molecular weight is 477 g/mol. The summed E-state index contributed by atoms with van der Waals surface area (Å²) in [5.41, 5.74) is 3.61. The molecule has 0 fully saturated rings. The second-order valence-corrected chi connectivity index (χ2v) is 10.3. The summed E-state index contributed by atoms with van der Waals surface area (Å²) in [5, 5.41) is 0. The zero-order chi connectivity index (χ0) is 23.9. The van der Waals surface area contributed by atoms with Gasteiger partial charge in [0.25, 0.3) is 15.9 Å². The van der Waals surface area contributed by atoms with Crippen molar-refractivity contribution in [2.45, 2.75) is 30.7 Å². The van der Waals surface area contributed by atoms with Gasteiger partial charge in [0.05, 0.1) is 16.1 Å². The van der Waals surface area contributed by atoms with Crippen molar-refractivity contribution >= 4 is 33.3 Å². The zero-order valence-electron chi connectivity index (χ0n) is 18.7. The highest BCUT2D eigenvalue weighted by Gasteiger charge is 2.36. The lowest BCUT2D eigenvalue weighted by atomic mass is 10.1. The molecule has 0 spiro atoms. The van der Waals surface area contributed by atoms with Crippen LogP contribution in [-0.4, -0.2) is 39.5 Å². The highest BCUT2D eigenvalue weighted by molar-refractivity contribution is 7.92. The van der Waals surface area contributed by atoms with Crippen molar-refractivity contribution in [1.29, 1.82) is 0 Å². The van der Waals surface area contributed by atoms with Crippen LogP contribution in [0.2, 0.25) is 0 Å². The molecule has 1 amide bonds. The molecule has 0 aromatic heterocycles. The van der Waals surface area contributed by atoms with Crippen LogP contribution in [0.5, 0.6) is 0 Å². The van der Waals surface area contributed by atoms with Gasteiger partial charge in [-0.2, -0.15) is 0 Å². The lowest BCUT2D eigenvalue weighted by Crippen LogP contribution is -2.35. The van der Waals surface area contributed by atoms with Gasteiger partial charge in [-0.1, -0.05) is 42.5 Å². The average Bonchev–Trinajstić information content (AvgIpc) is 3.43. The van der Waals surface area contributed by atoms with Gasteiger partial charge < -0.3 is 9.64 Å². The predicted octanol–water partition coefficient (Wildman–Crippen LogP) is 3.57. The van der Waals surface area contributed by atoms with Gasteiger partial charge in [-0.15, -0.1) is 0 Å². The second kappa shape index (κ2) is 8.61. The molecule has 3 aromatic rings. The summed E-state index contributed by atoms with van der Waals surface area (Å²) < 4.78 is 33.6. The van der Waals surface area contributed by atoms with Crippen LogP contribution in [0.1, 0.15) is 28.4 Å². The number of fused-ring (bicyclic) bond motifs is 2. The summed E-state index contributed by atoms with van der Waals surface area (Å²) in [7, 11) is -3.88. The van der Waals surface area contributed by atoms with Crippen molar-refractivity contribution in [3.63, 3.8) is 0 Å². The van der Waals surface area contributed by atoms with Gasteiger partial charge in [-0.25, -0.2) is 13.2 Å². The number of ether oxygens (including phenoxy) is 1. The number of hydrogen-bond donors (Lipinski definition) is 0. The number of anilines is 2. The topological polar surface area (TPSA) is 84.0 Å². The maximum Gasteiger partial charge on any atom is 0.338 e. The van der Waals surface area contributed by atoms with Gasteiger partial charge in [0.2, 0.25) is 0 Å². The Bertz CT molecular complexity index is 1390. The van der Waals surface area contributed by atoms with Crippen molar-refractivity contribution in [1.82, 2.24) is 0 Å². The second-order valence-electron chi connectivity index (χ2n) is 8.51. The summed E-state index contributed by atoms with van der Waals surface area (Å²) in [4.78, 5) is 26.9. The van der Waals surface area contributed by atoms with Gasteiger partial charge in [0.1, 0.15) is 0 Å². The van der Waals surface area contributed by atoms with Crippen molar-refractivity contribution in [2.24, 2.45) is 0 Å². The van der Waals surface area contributed by atoms with Gasteiger partial charge in [0.15, 0.2) is 6.61 Å². The molecule has 2 aliphatic rings. The Labute approximate surface area is 198 Å². The normalized spacial score (nSPS) is 16.8. The highest BCUT2D eigenvalue weighted by atomic mass is 32.2. The van der Waals surface area contributed by atoms with E-state index >= 15 is 0 Å². The number of hydrogen-bond acceptors (Lipinski definition) is 5. The number of carbonyl (C=O) groups is 2. The van der Waals surface area contributed by atoms with Crippen LogP contribution in [0.25, 0.3) is 0 Å². The number of amides is 1. The first-order chi connectivity index (χ1) is 16.4. The van der Waals surface area contributed by atoms with Gasteiger partial charge >= 0.3 is 5.97 Å². The van der Waals surface area contributed by atoms with Crippen LogP contribution in [0.15, 0.2) is 77.7 Å². The third-order valence-electron chi connectivity index (χ3n) is 6.29. The molecule has 2 aliphatic heterocycles. The van der Waals surface area contributed by atoms with E-state index in [1.165, 1.54) is 28.6 Å². The fraction of sp³-hybridized carbons (Fsp3) is 0.231. The minimum Gasteiger partial charge on any atom is -0.452 e. The smallest absolute Gasteiger partial charge is 0.338 e. The summed E-state index contributed by atoms with van der Waals surface area (Å²) in [6.07, 6.45) is 1.38. The Balaban J connectivity index is 1.31.